The second-order valence-corrected chi connectivity index (χ2v) is 7.42. The van der Waals surface area contributed by atoms with Gasteiger partial charge in [-0.1, -0.05) is 6.42 Å². The zero-order valence-electron chi connectivity index (χ0n) is 15.2. The van der Waals surface area contributed by atoms with Gasteiger partial charge < -0.3 is 10.1 Å². The highest BCUT2D eigenvalue weighted by molar-refractivity contribution is 5.74. The summed E-state index contributed by atoms with van der Waals surface area (Å²) in [6.07, 6.45) is 7.05. The van der Waals surface area contributed by atoms with Gasteiger partial charge in [0.1, 0.15) is 11.5 Å². The molecule has 0 aliphatic heterocycles. The maximum atomic E-state index is 12.1. The lowest BCUT2D eigenvalue weighted by Crippen LogP contribution is -2.21. The van der Waals surface area contributed by atoms with Crippen molar-refractivity contribution in [1.29, 1.82) is 0 Å². The van der Waals surface area contributed by atoms with Crippen LogP contribution < -0.4 is 5.32 Å². The number of esters is 1. The van der Waals surface area contributed by atoms with E-state index in [0.29, 0.717) is 17.7 Å². The maximum Gasteiger partial charge on any atom is 0.309 e. The number of carbonyl (C=O) groups excluding carboxylic acids is 1. The van der Waals surface area contributed by atoms with E-state index in [9.17, 15) is 4.79 Å². The van der Waals surface area contributed by atoms with E-state index in [0.717, 1.165) is 36.4 Å². The van der Waals surface area contributed by atoms with E-state index in [1.54, 1.807) is 0 Å². The molecule has 0 bridgehead atoms. The zero-order valence-corrected chi connectivity index (χ0v) is 15.2. The predicted molar refractivity (Wildman–Crippen MR) is 98.9 cm³/mol. The van der Waals surface area contributed by atoms with Gasteiger partial charge in [0.05, 0.1) is 13.0 Å². The summed E-state index contributed by atoms with van der Waals surface area (Å²) in [5.74, 6) is 2.34. The summed E-state index contributed by atoms with van der Waals surface area (Å²) in [5.41, 5.74) is 1.97. The molecule has 8 heteroatoms. The molecule has 2 aliphatic rings. The number of carbonyl (C=O) groups is 1. The molecule has 0 aromatic carbocycles. The Balaban J connectivity index is 1.49. The van der Waals surface area contributed by atoms with Crippen molar-refractivity contribution in [2.24, 2.45) is 5.92 Å². The number of aromatic nitrogens is 5. The molecule has 0 spiro atoms. The summed E-state index contributed by atoms with van der Waals surface area (Å²) < 4.78 is 6.89. The minimum Gasteiger partial charge on any atom is -0.469 e. The van der Waals surface area contributed by atoms with Crippen LogP contribution in [-0.2, 0) is 9.53 Å². The van der Waals surface area contributed by atoms with Gasteiger partial charge in [0, 0.05) is 29.8 Å². The van der Waals surface area contributed by atoms with Gasteiger partial charge in [0.15, 0.2) is 5.82 Å². The molecule has 2 N–H and O–H groups in total. The van der Waals surface area contributed by atoms with E-state index in [4.69, 9.17) is 14.7 Å². The lowest BCUT2D eigenvalue weighted by molar-refractivity contribution is -0.145. The number of methoxy groups -OCH3 is 1. The minimum absolute atomic E-state index is 0.0147. The number of aromatic amines is 1. The Bertz CT molecular complexity index is 989. The topological polar surface area (TPSA) is 97.2 Å². The summed E-state index contributed by atoms with van der Waals surface area (Å²) >= 11 is 0. The summed E-state index contributed by atoms with van der Waals surface area (Å²) in [6.45, 7) is 0. The number of hydrogen-bond donors (Lipinski definition) is 2. The van der Waals surface area contributed by atoms with Crippen molar-refractivity contribution < 1.29 is 9.53 Å². The van der Waals surface area contributed by atoms with E-state index in [2.05, 4.69) is 15.5 Å². The number of hydrogen-bond acceptors (Lipinski definition) is 6. The van der Waals surface area contributed by atoms with E-state index in [-0.39, 0.29) is 17.8 Å². The average Bonchev–Trinajstić information content (AvgIpc) is 3.09. The van der Waals surface area contributed by atoms with Crippen LogP contribution in [0.4, 0.5) is 11.8 Å². The number of ether oxygens (including phenoxy) is 1. The Morgan fingerprint density at radius 3 is 3.00 bits per heavy atom. The molecule has 3 aromatic rings. The number of nitrogens with zero attached hydrogens (tertiary/aromatic N) is 4. The third-order valence-corrected chi connectivity index (χ3v) is 5.61. The van der Waals surface area contributed by atoms with Crippen LogP contribution in [0.5, 0.6) is 0 Å². The number of fused-ring (bicyclic) bond motifs is 1. The van der Waals surface area contributed by atoms with Crippen molar-refractivity contribution in [3.63, 3.8) is 0 Å². The van der Waals surface area contributed by atoms with Gasteiger partial charge in [0.2, 0.25) is 5.95 Å². The van der Waals surface area contributed by atoms with Crippen LogP contribution in [0.2, 0.25) is 0 Å². The number of H-pyrrole nitrogens is 1. The highest BCUT2D eigenvalue weighted by Gasteiger charge is 2.37. The van der Waals surface area contributed by atoms with Crippen molar-refractivity contribution in [1.82, 2.24) is 24.6 Å². The molecule has 5 rings (SSSR count). The molecule has 0 saturated heterocycles. The van der Waals surface area contributed by atoms with Crippen LogP contribution in [0.1, 0.15) is 55.5 Å². The molecule has 2 unspecified atom stereocenters. The first kappa shape index (κ1) is 16.3. The number of rotatable bonds is 5. The number of nitrogens with one attached hydrogen (secondary N) is 2. The molecule has 8 nitrogen and oxygen atoms in total. The Morgan fingerprint density at radius 2 is 2.19 bits per heavy atom. The first-order chi connectivity index (χ1) is 13.2. The Hall–Kier alpha value is -2.90. The molecular weight excluding hydrogens is 344 g/mol. The quantitative estimate of drug-likeness (QED) is 0.673. The van der Waals surface area contributed by atoms with Gasteiger partial charge >= 0.3 is 5.97 Å². The fourth-order valence-electron chi connectivity index (χ4n) is 4.02. The van der Waals surface area contributed by atoms with Gasteiger partial charge in [-0.05, 0) is 37.8 Å². The number of anilines is 2. The zero-order chi connectivity index (χ0) is 18.4. The van der Waals surface area contributed by atoms with Crippen molar-refractivity contribution in [2.45, 2.75) is 43.9 Å². The fourth-order valence-corrected chi connectivity index (χ4v) is 4.02. The Kier molecular flexibility index (Phi) is 3.84. The molecule has 27 heavy (non-hydrogen) atoms. The minimum atomic E-state index is -0.174. The standard InChI is InChI=1S/C19H22N6O2/c1-27-18(26)13-5-2-4-12(13)17-21-16-6-3-9-25(16)19(22-17)20-15-10-14(23-24-15)11-7-8-11/h3,6,9-13H,2,4-5,7-8H2,1H3,(H2,20,21,22,23,24). The summed E-state index contributed by atoms with van der Waals surface area (Å²) in [7, 11) is 1.44. The van der Waals surface area contributed by atoms with Crippen LogP contribution in [-0.4, -0.2) is 37.6 Å². The Morgan fingerprint density at radius 1 is 1.30 bits per heavy atom. The monoisotopic (exact) mass is 366 g/mol. The van der Waals surface area contributed by atoms with Crippen LogP contribution in [0.25, 0.3) is 5.65 Å². The SMILES string of the molecule is COC(=O)C1CCCC1c1nc(Nc2cc(C3CC3)[nH]n2)n2cccc2n1. The van der Waals surface area contributed by atoms with Crippen molar-refractivity contribution in [3.8, 4) is 0 Å². The molecule has 2 atom stereocenters. The van der Waals surface area contributed by atoms with Crippen LogP contribution in [0.15, 0.2) is 24.4 Å². The largest absolute Gasteiger partial charge is 0.469 e. The third kappa shape index (κ3) is 2.94. The average molecular weight is 366 g/mol. The van der Waals surface area contributed by atoms with Gasteiger partial charge in [0.25, 0.3) is 0 Å². The molecule has 3 heterocycles. The first-order valence-electron chi connectivity index (χ1n) is 9.48. The smallest absolute Gasteiger partial charge is 0.309 e. The van der Waals surface area contributed by atoms with E-state index >= 15 is 0 Å². The molecule has 2 fully saturated rings. The molecule has 0 radical (unpaired) electrons. The highest BCUT2D eigenvalue weighted by atomic mass is 16.5. The van der Waals surface area contributed by atoms with Crippen LogP contribution in [0, 0.1) is 5.92 Å². The summed E-state index contributed by atoms with van der Waals surface area (Å²) in [4.78, 5) is 21.6. The molecular formula is C19H22N6O2. The second kappa shape index (κ2) is 6.37. The van der Waals surface area contributed by atoms with Gasteiger partial charge in [-0.15, -0.1) is 0 Å². The van der Waals surface area contributed by atoms with Crippen LogP contribution >= 0.6 is 0 Å². The first-order valence-corrected chi connectivity index (χ1v) is 9.48. The fraction of sp³-hybridized carbons (Fsp3) is 0.474. The van der Waals surface area contributed by atoms with Crippen molar-refractivity contribution in [3.05, 3.63) is 35.9 Å². The molecule has 2 aliphatic carbocycles. The lowest BCUT2D eigenvalue weighted by atomic mass is 9.95. The molecule has 0 amide bonds. The molecule has 3 aromatic heterocycles. The third-order valence-electron chi connectivity index (χ3n) is 5.61. The second-order valence-electron chi connectivity index (χ2n) is 7.42. The normalized spacial score (nSPS) is 22.3. The van der Waals surface area contributed by atoms with Crippen LogP contribution in [0.3, 0.4) is 0 Å². The van der Waals surface area contributed by atoms with E-state index in [1.165, 1.54) is 20.0 Å². The molecule has 2 saturated carbocycles. The van der Waals surface area contributed by atoms with E-state index in [1.807, 2.05) is 28.8 Å². The molecule has 140 valence electrons. The highest BCUT2D eigenvalue weighted by Crippen LogP contribution is 2.40. The van der Waals surface area contributed by atoms with Gasteiger partial charge in [-0.3, -0.25) is 14.3 Å². The maximum absolute atomic E-state index is 12.1. The summed E-state index contributed by atoms with van der Waals surface area (Å²) in [6, 6.07) is 5.92. The van der Waals surface area contributed by atoms with Gasteiger partial charge in [-0.25, -0.2) is 4.98 Å². The Labute approximate surface area is 156 Å². The van der Waals surface area contributed by atoms with E-state index < -0.39 is 0 Å². The van der Waals surface area contributed by atoms with Crippen molar-refractivity contribution in [2.75, 3.05) is 12.4 Å². The predicted octanol–water partition coefficient (Wildman–Crippen LogP) is 3.13. The lowest BCUT2D eigenvalue weighted by Gasteiger charge is -2.17. The van der Waals surface area contributed by atoms with Gasteiger partial charge in [-0.2, -0.15) is 10.1 Å². The summed E-state index contributed by atoms with van der Waals surface area (Å²) in [5, 5.41) is 10.8. The van der Waals surface area contributed by atoms with Crippen molar-refractivity contribution >= 4 is 23.4 Å².